The third-order valence-corrected chi connectivity index (χ3v) is 4.61. The average Bonchev–Trinajstić information content (AvgIpc) is 2.65. The first kappa shape index (κ1) is 24.5. The van der Waals surface area contributed by atoms with Crippen LogP contribution in [-0.2, 0) is 14.3 Å². The van der Waals surface area contributed by atoms with Crippen LogP contribution in [0.5, 0.6) is 0 Å². The van der Waals surface area contributed by atoms with Crippen LogP contribution in [-0.4, -0.2) is 58.0 Å². The molecule has 31 heavy (non-hydrogen) atoms. The summed E-state index contributed by atoms with van der Waals surface area (Å²) in [6.45, 7) is 10.8. The molecule has 0 radical (unpaired) electrons. The van der Waals surface area contributed by atoms with Gasteiger partial charge in [0.05, 0.1) is 5.69 Å². The summed E-state index contributed by atoms with van der Waals surface area (Å²) in [6.07, 6.45) is -1.08. The Kier molecular flexibility index (Phi) is 7.21. The molecular formula is C22H33N3O6. The number of rotatable bonds is 3. The highest BCUT2D eigenvalue weighted by atomic mass is 16.6. The number of likely N-dealkylation sites (tertiary alicyclic amines) is 1. The number of hydrogen-bond acceptors (Lipinski definition) is 6. The van der Waals surface area contributed by atoms with E-state index in [1.165, 1.54) is 4.90 Å². The Hall–Kier alpha value is -2.81. The molecule has 1 aliphatic rings. The Morgan fingerprint density at radius 2 is 1.48 bits per heavy atom. The third kappa shape index (κ3) is 6.85. The van der Waals surface area contributed by atoms with Gasteiger partial charge >= 0.3 is 12.2 Å². The van der Waals surface area contributed by atoms with Crippen LogP contribution in [0.2, 0.25) is 0 Å². The zero-order valence-electron chi connectivity index (χ0n) is 19.1. The molecule has 0 spiro atoms. The number of hydrogen-bond donors (Lipinski definition) is 2. The van der Waals surface area contributed by atoms with Crippen LogP contribution in [0.15, 0.2) is 30.3 Å². The number of hydroxylamine groups is 1. The van der Waals surface area contributed by atoms with E-state index in [2.05, 4.69) is 5.32 Å². The van der Waals surface area contributed by atoms with E-state index < -0.39 is 34.8 Å². The highest BCUT2D eigenvalue weighted by Crippen LogP contribution is 2.28. The number of nitrogens with one attached hydrogen (secondary N) is 1. The van der Waals surface area contributed by atoms with E-state index in [-0.39, 0.29) is 31.6 Å². The number of amides is 3. The summed E-state index contributed by atoms with van der Waals surface area (Å²) in [5, 5.41) is 13.8. The topological polar surface area (TPSA) is 108 Å². The van der Waals surface area contributed by atoms with Gasteiger partial charge in [-0.05, 0) is 66.5 Å². The van der Waals surface area contributed by atoms with Crippen LogP contribution in [0.25, 0.3) is 0 Å². The minimum absolute atomic E-state index is 0.0915. The van der Waals surface area contributed by atoms with E-state index in [0.717, 1.165) is 0 Å². The molecule has 9 nitrogen and oxygen atoms in total. The van der Waals surface area contributed by atoms with E-state index in [1.54, 1.807) is 71.9 Å². The van der Waals surface area contributed by atoms with Crippen molar-refractivity contribution in [1.29, 1.82) is 0 Å². The molecule has 1 aromatic rings. The van der Waals surface area contributed by atoms with Crippen LogP contribution in [0.1, 0.15) is 54.4 Å². The fourth-order valence-corrected chi connectivity index (χ4v) is 3.18. The third-order valence-electron chi connectivity index (χ3n) is 4.61. The van der Waals surface area contributed by atoms with Gasteiger partial charge in [0, 0.05) is 13.1 Å². The van der Waals surface area contributed by atoms with Crippen LogP contribution >= 0.6 is 0 Å². The lowest BCUT2D eigenvalue weighted by Gasteiger charge is -2.42. The fourth-order valence-electron chi connectivity index (χ4n) is 3.18. The second-order valence-corrected chi connectivity index (χ2v) is 9.63. The first-order valence-corrected chi connectivity index (χ1v) is 10.3. The fraction of sp³-hybridized carbons (Fsp3) is 0.591. The molecule has 0 saturated carbocycles. The Bertz CT molecular complexity index is 790. The van der Waals surface area contributed by atoms with Crippen molar-refractivity contribution in [3.05, 3.63) is 30.3 Å². The summed E-state index contributed by atoms with van der Waals surface area (Å²) in [4.78, 5) is 39.7. The number of para-hydroxylation sites is 1. The van der Waals surface area contributed by atoms with Gasteiger partial charge < -0.3 is 19.7 Å². The zero-order chi connectivity index (χ0) is 23.4. The number of ether oxygens (including phenoxy) is 2. The number of alkyl carbamates (subject to hydrolysis) is 1. The minimum Gasteiger partial charge on any atom is -0.444 e. The van der Waals surface area contributed by atoms with Gasteiger partial charge in [-0.25, -0.2) is 9.59 Å². The molecule has 2 N–H and O–H groups in total. The summed E-state index contributed by atoms with van der Waals surface area (Å²) in [5.41, 5.74) is -2.58. The average molecular weight is 436 g/mol. The van der Waals surface area contributed by atoms with Crippen molar-refractivity contribution in [3.63, 3.8) is 0 Å². The number of nitrogens with zero attached hydrogens (tertiary/aromatic N) is 2. The summed E-state index contributed by atoms with van der Waals surface area (Å²) >= 11 is 0. The highest BCUT2D eigenvalue weighted by Gasteiger charge is 2.47. The monoisotopic (exact) mass is 435 g/mol. The molecule has 9 heteroatoms. The molecule has 172 valence electrons. The predicted molar refractivity (Wildman–Crippen MR) is 115 cm³/mol. The lowest BCUT2D eigenvalue weighted by Crippen LogP contribution is -2.64. The summed E-state index contributed by atoms with van der Waals surface area (Å²) in [7, 11) is 0. The number of piperidine rings is 1. The summed E-state index contributed by atoms with van der Waals surface area (Å²) in [5.74, 6) is -0.701. The Morgan fingerprint density at radius 1 is 0.968 bits per heavy atom. The highest BCUT2D eigenvalue weighted by molar-refractivity contribution is 6.00. The zero-order valence-corrected chi connectivity index (χ0v) is 19.1. The molecule has 2 rings (SSSR count). The van der Waals surface area contributed by atoms with Crippen molar-refractivity contribution < 1.29 is 29.1 Å². The Morgan fingerprint density at radius 3 is 1.97 bits per heavy atom. The quantitative estimate of drug-likeness (QED) is 0.554. The van der Waals surface area contributed by atoms with Crippen molar-refractivity contribution in [3.8, 4) is 0 Å². The summed E-state index contributed by atoms with van der Waals surface area (Å²) < 4.78 is 10.7. The molecule has 1 heterocycles. The summed E-state index contributed by atoms with van der Waals surface area (Å²) in [6, 6.07) is 8.29. The van der Waals surface area contributed by atoms with Crippen LogP contribution in [0, 0.1) is 0 Å². The predicted octanol–water partition coefficient (Wildman–Crippen LogP) is 3.70. The first-order valence-electron chi connectivity index (χ1n) is 10.3. The van der Waals surface area contributed by atoms with Crippen molar-refractivity contribution in [2.24, 2.45) is 0 Å². The lowest BCUT2D eigenvalue weighted by atomic mass is 9.86. The second-order valence-electron chi connectivity index (χ2n) is 9.63. The molecule has 0 aliphatic carbocycles. The van der Waals surface area contributed by atoms with Gasteiger partial charge in [-0.2, -0.15) is 5.06 Å². The Balaban J connectivity index is 2.23. The number of carbonyl (C=O) groups excluding carboxylic acids is 3. The number of anilines is 1. The molecule has 3 amide bonds. The molecule has 0 aromatic heterocycles. The SMILES string of the molecule is CC(C)(C)OC(=O)NC1(C(=O)N(O)c2ccccc2)CCN(C(=O)OC(C)(C)C)CC1. The number of carbonyl (C=O) groups is 3. The molecule has 1 aromatic carbocycles. The molecule has 0 bridgehead atoms. The van der Waals surface area contributed by atoms with Gasteiger partial charge in [0.1, 0.15) is 16.7 Å². The van der Waals surface area contributed by atoms with Crippen LogP contribution < -0.4 is 10.4 Å². The molecule has 1 saturated heterocycles. The normalized spacial score (nSPS) is 16.3. The smallest absolute Gasteiger partial charge is 0.410 e. The maximum atomic E-state index is 13.3. The standard InChI is InChI=1S/C22H33N3O6/c1-20(2,3)30-18(27)23-22(17(26)25(29)16-10-8-7-9-11-16)12-14-24(15-13-22)19(28)31-21(4,5)6/h7-11,29H,12-15H2,1-6H3,(H,23,27). The van der Waals surface area contributed by atoms with Crippen molar-refractivity contribution in [2.45, 2.75) is 71.1 Å². The van der Waals surface area contributed by atoms with Crippen molar-refractivity contribution >= 4 is 23.8 Å². The van der Waals surface area contributed by atoms with Gasteiger partial charge in [0.2, 0.25) is 0 Å². The molecular weight excluding hydrogens is 402 g/mol. The van der Waals surface area contributed by atoms with Gasteiger partial charge in [0.15, 0.2) is 0 Å². The van der Waals surface area contributed by atoms with Crippen molar-refractivity contribution in [1.82, 2.24) is 10.2 Å². The van der Waals surface area contributed by atoms with E-state index in [0.29, 0.717) is 5.06 Å². The van der Waals surface area contributed by atoms with Gasteiger partial charge in [0.25, 0.3) is 5.91 Å². The molecule has 1 fully saturated rings. The second kappa shape index (κ2) is 9.13. The Labute approximate surface area is 183 Å². The maximum Gasteiger partial charge on any atom is 0.410 e. The molecule has 1 aliphatic heterocycles. The van der Waals surface area contributed by atoms with E-state index in [9.17, 15) is 19.6 Å². The van der Waals surface area contributed by atoms with Gasteiger partial charge in [-0.3, -0.25) is 10.0 Å². The number of benzene rings is 1. The lowest BCUT2D eigenvalue weighted by molar-refractivity contribution is -0.132. The van der Waals surface area contributed by atoms with Crippen molar-refractivity contribution in [2.75, 3.05) is 18.2 Å². The van der Waals surface area contributed by atoms with Crippen LogP contribution in [0.4, 0.5) is 15.3 Å². The van der Waals surface area contributed by atoms with E-state index in [4.69, 9.17) is 9.47 Å². The molecule has 0 unspecified atom stereocenters. The van der Waals surface area contributed by atoms with Gasteiger partial charge in [-0.15, -0.1) is 0 Å². The van der Waals surface area contributed by atoms with Crippen LogP contribution in [0.3, 0.4) is 0 Å². The van der Waals surface area contributed by atoms with E-state index in [1.807, 2.05) is 0 Å². The molecule has 0 atom stereocenters. The minimum atomic E-state index is -1.44. The maximum absolute atomic E-state index is 13.3. The largest absolute Gasteiger partial charge is 0.444 e. The first-order chi connectivity index (χ1) is 14.2. The van der Waals surface area contributed by atoms with E-state index >= 15 is 0 Å². The van der Waals surface area contributed by atoms with Gasteiger partial charge in [-0.1, -0.05) is 18.2 Å².